The van der Waals surface area contributed by atoms with Crippen molar-refractivity contribution in [3.8, 4) is 0 Å². The molecule has 0 spiro atoms. The molecule has 0 radical (unpaired) electrons. The number of fused-ring (bicyclic) bond motifs is 2. The highest BCUT2D eigenvalue weighted by Gasteiger charge is 2.05. The molecule has 0 aliphatic heterocycles. The number of aromatic nitrogens is 2. The molecule has 0 amide bonds. The van der Waals surface area contributed by atoms with Crippen molar-refractivity contribution in [2.24, 2.45) is 0 Å². The maximum Gasteiger partial charge on any atom is 0.0630 e. The van der Waals surface area contributed by atoms with Gasteiger partial charge in [0.25, 0.3) is 0 Å². The molecule has 146 valence electrons. The lowest BCUT2D eigenvalue weighted by molar-refractivity contribution is 1.25. The molecule has 0 unspecified atom stereocenters. The fourth-order valence-electron chi connectivity index (χ4n) is 3.27. The molecule has 4 heterocycles. The van der Waals surface area contributed by atoms with Crippen LogP contribution in [0.25, 0.3) is 44.5 Å². The molecule has 2 nitrogen and oxygen atoms in total. The Balaban J connectivity index is 1.40. The van der Waals surface area contributed by atoms with Crippen LogP contribution >= 0.6 is 22.7 Å². The van der Waals surface area contributed by atoms with Crippen LogP contribution < -0.4 is 0 Å². The van der Waals surface area contributed by atoms with Gasteiger partial charge in [-0.2, -0.15) is 0 Å². The van der Waals surface area contributed by atoms with E-state index in [4.69, 9.17) is 0 Å². The zero-order valence-electron chi connectivity index (χ0n) is 16.8. The number of pyridine rings is 2. The van der Waals surface area contributed by atoms with Gasteiger partial charge in [0.2, 0.25) is 0 Å². The van der Waals surface area contributed by atoms with Crippen LogP contribution in [0.5, 0.6) is 0 Å². The van der Waals surface area contributed by atoms with Crippen LogP contribution in [0, 0.1) is 13.8 Å². The minimum atomic E-state index is 0.985. The number of thiophene rings is 2. The second-order valence-electron chi connectivity index (χ2n) is 7.41. The SMILES string of the molecule is Cc1ccc(/C=C/c2cc3cc4sc(/C=C/c5ccc(C)cn5)cc4cc3s2)nc1. The topological polar surface area (TPSA) is 25.8 Å². The molecule has 0 N–H and O–H groups in total. The van der Waals surface area contributed by atoms with E-state index in [-0.39, 0.29) is 0 Å². The average Bonchev–Trinajstić information content (AvgIpc) is 3.33. The van der Waals surface area contributed by atoms with E-state index < -0.39 is 0 Å². The summed E-state index contributed by atoms with van der Waals surface area (Å²) in [6, 6.07) is 17.4. The first-order valence-corrected chi connectivity index (χ1v) is 11.4. The van der Waals surface area contributed by atoms with Gasteiger partial charge in [-0.15, -0.1) is 22.7 Å². The molecule has 30 heavy (non-hydrogen) atoms. The minimum absolute atomic E-state index is 0.985. The second-order valence-corrected chi connectivity index (χ2v) is 9.64. The molecule has 0 aliphatic rings. The van der Waals surface area contributed by atoms with Crippen molar-refractivity contribution in [3.63, 3.8) is 0 Å². The zero-order chi connectivity index (χ0) is 20.5. The summed E-state index contributed by atoms with van der Waals surface area (Å²) in [7, 11) is 0. The van der Waals surface area contributed by atoms with E-state index in [1.165, 1.54) is 41.1 Å². The quantitative estimate of drug-likeness (QED) is 0.293. The molecule has 4 aromatic heterocycles. The molecular formula is C26H20N2S2. The molecule has 0 saturated carbocycles. The van der Waals surface area contributed by atoms with Crippen molar-refractivity contribution < 1.29 is 0 Å². The summed E-state index contributed by atoms with van der Waals surface area (Å²) in [6.45, 7) is 4.11. The summed E-state index contributed by atoms with van der Waals surface area (Å²) in [5, 5.41) is 2.59. The molecule has 0 bridgehead atoms. The van der Waals surface area contributed by atoms with Crippen molar-refractivity contribution in [2.75, 3.05) is 0 Å². The molecule has 4 heteroatoms. The predicted octanol–water partition coefficient (Wildman–Crippen LogP) is 7.86. The van der Waals surface area contributed by atoms with Crippen molar-refractivity contribution in [1.29, 1.82) is 0 Å². The number of hydrogen-bond acceptors (Lipinski definition) is 4. The van der Waals surface area contributed by atoms with Gasteiger partial charge in [-0.25, -0.2) is 0 Å². The summed E-state index contributed by atoms with van der Waals surface area (Å²) in [4.78, 5) is 11.4. The first-order valence-electron chi connectivity index (χ1n) is 9.81. The maximum atomic E-state index is 4.45. The van der Waals surface area contributed by atoms with E-state index in [0.717, 1.165) is 11.4 Å². The monoisotopic (exact) mass is 424 g/mol. The summed E-state index contributed by atoms with van der Waals surface area (Å²) in [6.07, 6.45) is 12.3. The molecule has 5 rings (SSSR count). The Kier molecular flexibility index (Phi) is 5.03. The van der Waals surface area contributed by atoms with Crippen LogP contribution in [-0.4, -0.2) is 9.97 Å². The van der Waals surface area contributed by atoms with Crippen LogP contribution in [0.1, 0.15) is 32.3 Å². The highest BCUT2D eigenvalue weighted by atomic mass is 32.1. The molecule has 5 aromatic rings. The number of hydrogen-bond donors (Lipinski definition) is 0. The van der Waals surface area contributed by atoms with Gasteiger partial charge in [0.1, 0.15) is 0 Å². The summed E-state index contributed by atoms with van der Waals surface area (Å²) in [5.41, 5.74) is 4.33. The molecule has 0 saturated heterocycles. The van der Waals surface area contributed by atoms with Gasteiger partial charge in [-0.3, -0.25) is 9.97 Å². The van der Waals surface area contributed by atoms with Gasteiger partial charge in [-0.05, 0) is 96.4 Å². The van der Waals surface area contributed by atoms with Gasteiger partial charge >= 0.3 is 0 Å². The predicted molar refractivity (Wildman–Crippen MR) is 133 cm³/mol. The molecule has 0 atom stereocenters. The fourth-order valence-corrected chi connectivity index (χ4v) is 5.26. The largest absolute Gasteiger partial charge is 0.257 e. The summed E-state index contributed by atoms with van der Waals surface area (Å²) < 4.78 is 2.63. The Labute approximate surface area is 183 Å². The molecule has 0 aliphatic carbocycles. The van der Waals surface area contributed by atoms with E-state index in [2.05, 4.69) is 96.7 Å². The van der Waals surface area contributed by atoms with Gasteiger partial charge < -0.3 is 0 Å². The third-order valence-electron chi connectivity index (χ3n) is 4.90. The summed E-state index contributed by atoms with van der Waals surface area (Å²) >= 11 is 3.63. The van der Waals surface area contributed by atoms with Crippen LogP contribution in [0.3, 0.4) is 0 Å². The zero-order valence-corrected chi connectivity index (χ0v) is 18.4. The van der Waals surface area contributed by atoms with Crippen LogP contribution in [0.2, 0.25) is 0 Å². The highest BCUT2D eigenvalue weighted by Crippen LogP contribution is 2.35. The Bertz CT molecular complexity index is 1230. The Morgan fingerprint density at radius 2 is 1.07 bits per heavy atom. The Hall–Kier alpha value is -3.08. The number of aryl methyl sites for hydroxylation is 2. The average molecular weight is 425 g/mol. The van der Waals surface area contributed by atoms with Crippen molar-refractivity contribution in [1.82, 2.24) is 9.97 Å². The van der Waals surface area contributed by atoms with Gasteiger partial charge in [0, 0.05) is 31.5 Å². The fraction of sp³-hybridized carbons (Fsp3) is 0.0769. The molecule has 1 aromatic carbocycles. The van der Waals surface area contributed by atoms with Gasteiger partial charge in [-0.1, -0.05) is 12.1 Å². The van der Waals surface area contributed by atoms with Crippen molar-refractivity contribution in [3.05, 3.63) is 93.2 Å². The van der Waals surface area contributed by atoms with Gasteiger partial charge in [0.05, 0.1) is 11.4 Å². The van der Waals surface area contributed by atoms with E-state index in [1.807, 2.05) is 35.1 Å². The Morgan fingerprint density at radius 1 is 0.600 bits per heavy atom. The maximum absolute atomic E-state index is 4.45. The number of benzene rings is 1. The smallest absolute Gasteiger partial charge is 0.0630 e. The minimum Gasteiger partial charge on any atom is -0.257 e. The second kappa shape index (κ2) is 7.98. The van der Waals surface area contributed by atoms with Crippen LogP contribution in [0.15, 0.2) is 60.9 Å². The first kappa shape index (κ1) is 18.9. The lowest BCUT2D eigenvalue weighted by atomic mass is 10.2. The van der Waals surface area contributed by atoms with E-state index in [9.17, 15) is 0 Å². The standard InChI is InChI=1S/C26H20N2S2/c1-17-3-5-21(27-15-17)7-9-23-11-19-13-26-20(14-25(19)29-23)12-24(30-26)10-8-22-6-4-18(2)16-28-22/h3-16H,1-2H3/b9-7+,10-8+. The van der Waals surface area contributed by atoms with Gasteiger partial charge in [0.15, 0.2) is 0 Å². The van der Waals surface area contributed by atoms with E-state index >= 15 is 0 Å². The number of nitrogens with zero attached hydrogens (tertiary/aromatic N) is 2. The van der Waals surface area contributed by atoms with Crippen LogP contribution in [0.4, 0.5) is 0 Å². The highest BCUT2D eigenvalue weighted by molar-refractivity contribution is 7.21. The first-order chi connectivity index (χ1) is 14.6. The van der Waals surface area contributed by atoms with E-state index in [1.54, 1.807) is 0 Å². The lowest BCUT2D eigenvalue weighted by Crippen LogP contribution is -1.79. The Morgan fingerprint density at radius 3 is 1.47 bits per heavy atom. The van der Waals surface area contributed by atoms with E-state index in [0.29, 0.717) is 0 Å². The molecular weight excluding hydrogens is 404 g/mol. The summed E-state index contributed by atoms with van der Waals surface area (Å²) in [5.74, 6) is 0. The van der Waals surface area contributed by atoms with Crippen LogP contribution in [-0.2, 0) is 0 Å². The third kappa shape index (κ3) is 4.11. The lowest BCUT2D eigenvalue weighted by Gasteiger charge is -1.92. The normalized spacial score (nSPS) is 12.1. The van der Waals surface area contributed by atoms with Crippen molar-refractivity contribution >= 4 is 67.1 Å². The van der Waals surface area contributed by atoms with Crippen molar-refractivity contribution in [2.45, 2.75) is 13.8 Å². The number of rotatable bonds is 4. The third-order valence-corrected chi connectivity index (χ3v) is 7.02. The molecule has 0 fully saturated rings.